The van der Waals surface area contributed by atoms with E-state index in [-0.39, 0.29) is 0 Å². The van der Waals surface area contributed by atoms with Crippen LogP contribution in [0.25, 0.3) is 0 Å². The minimum absolute atomic E-state index is 0.545. The summed E-state index contributed by atoms with van der Waals surface area (Å²) in [5, 5.41) is 6.69. The van der Waals surface area contributed by atoms with Crippen LogP contribution in [0.3, 0.4) is 0 Å². The highest BCUT2D eigenvalue weighted by Crippen LogP contribution is 2.39. The molecule has 1 fully saturated rings. The molecule has 1 saturated carbocycles. The summed E-state index contributed by atoms with van der Waals surface area (Å²) in [6.07, 6.45) is 2.41. The van der Waals surface area contributed by atoms with Gasteiger partial charge in [-0.25, -0.2) is 9.97 Å². The molecule has 1 heterocycles. The lowest BCUT2D eigenvalue weighted by atomic mass is 10.1. The third kappa shape index (κ3) is 3.32. The Morgan fingerprint density at radius 2 is 1.81 bits per heavy atom. The summed E-state index contributed by atoms with van der Waals surface area (Å²) >= 11 is 0. The molecule has 0 bridgehead atoms. The van der Waals surface area contributed by atoms with Gasteiger partial charge in [-0.2, -0.15) is 0 Å². The van der Waals surface area contributed by atoms with Crippen LogP contribution in [0.15, 0.2) is 24.3 Å². The average Bonchev–Trinajstić information content (AvgIpc) is 3.28. The third-order valence-corrected chi connectivity index (χ3v) is 3.82. The first kappa shape index (κ1) is 13.9. The molecule has 0 saturated heterocycles. The van der Waals surface area contributed by atoms with Crippen LogP contribution in [0, 0.1) is 13.8 Å². The molecule has 0 spiro atoms. The van der Waals surface area contributed by atoms with Gasteiger partial charge in [0, 0.05) is 24.2 Å². The van der Waals surface area contributed by atoms with Gasteiger partial charge < -0.3 is 10.6 Å². The molecule has 3 rings (SSSR count). The number of hydrogen-bond acceptors (Lipinski definition) is 4. The molecule has 2 aromatic rings. The van der Waals surface area contributed by atoms with Crippen molar-refractivity contribution in [3.05, 3.63) is 41.2 Å². The van der Waals surface area contributed by atoms with Crippen molar-refractivity contribution in [1.29, 1.82) is 0 Å². The van der Waals surface area contributed by atoms with Gasteiger partial charge in [0.05, 0.1) is 0 Å². The monoisotopic (exact) mass is 282 g/mol. The molecule has 1 aromatic carbocycles. The fraction of sp³-hybridized carbons (Fsp3) is 0.412. The molecular formula is C17H22N4. The molecule has 0 atom stereocenters. The van der Waals surface area contributed by atoms with E-state index in [2.05, 4.69) is 59.6 Å². The van der Waals surface area contributed by atoms with Gasteiger partial charge in [0.1, 0.15) is 17.5 Å². The molecule has 4 heteroatoms. The summed E-state index contributed by atoms with van der Waals surface area (Å²) in [6, 6.07) is 8.35. The number of benzene rings is 1. The van der Waals surface area contributed by atoms with Gasteiger partial charge in [0.25, 0.3) is 0 Å². The summed E-state index contributed by atoms with van der Waals surface area (Å²) in [5.74, 6) is 3.27. The SMILES string of the molecule is CCNc1cc(Nc2ccc(C)c(C)c2)nc(C2CC2)n1. The van der Waals surface area contributed by atoms with Crippen LogP contribution in [0.5, 0.6) is 0 Å². The van der Waals surface area contributed by atoms with Crippen molar-refractivity contribution in [3.63, 3.8) is 0 Å². The highest BCUT2D eigenvalue weighted by molar-refractivity contribution is 5.60. The predicted molar refractivity (Wildman–Crippen MR) is 87.4 cm³/mol. The van der Waals surface area contributed by atoms with Crippen LogP contribution < -0.4 is 10.6 Å². The summed E-state index contributed by atoms with van der Waals surface area (Å²) < 4.78 is 0. The van der Waals surface area contributed by atoms with Crippen LogP contribution in [0.4, 0.5) is 17.3 Å². The van der Waals surface area contributed by atoms with Gasteiger partial charge in [0.2, 0.25) is 0 Å². The molecule has 110 valence electrons. The van der Waals surface area contributed by atoms with E-state index in [1.165, 1.54) is 24.0 Å². The van der Waals surface area contributed by atoms with Crippen molar-refractivity contribution in [2.24, 2.45) is 0 Å². The van der Waals surface area contributed by atoms with E-state index in [1.54, 1.807) is 0 Å². The van der Waals surface area contributed by atoms with Crippen molar-refractivity contribution in [2.75, 3.05) is 17.2 Å². The first-order valence-corrected chi connectivity index (χ1v) is 7.63. The van der Waals surface area contributed by atoms with Crippen LogP contribution in [0.1, 0.15) is 42.6 Å². The van der Waals surface area contributed by atoms with E-state index in [1.807, 2.05) is 6.07 Å². The zero-order valence-electron chi connectivity index (χ0n) is 12.9. The van der Waals surface area contributed by atoms with E-state index in [9.17, 15) is 0 Å². The van der Waals surface area contributed by atoms with Crippen molar-refractivity contribution >= 4 is 17.3 Å². The second kappa shape index (κ2) is 5.72. The van der Waals surface area contributed by atoms with Crippen molar-refractivity contribution < 1.29 is 0 Å². The number of anilines is 3. The number of aromatic nitrogens is 2. The van der Waals surface area contributed by atoms with Crippen molar-refractivity contribution in [3.8, 4) is 0 Å². The minimum atomic E-state index is 0.545. The first-order valence-electron chi connectivity index (χ1n) is 7.63. The van der Waals surface area contributed by atoms with Crippen LogP contribution in [-0.2, 0) is 0 Å². The maximum Gasteiger partial charge on any atom is 0.136 e. The predicted octanol–water partition coefficient (Wildman–Crippen LogP) is 4.15. The van der Waals surface area contributed by atoms with Crippen LogP contribution >= 0.6 is 0 Å². The van der Waals surface area contributed by atoms with E-state index < -0.39 is 0 Å². The number of nitrogens with zero attached hydrogens (tertiary/aromatic N) is 2. The quantitative estimate of drug-likeness (QED) is 0.865. The Labute approximate surface area is 126 Å². The number of rotatable bonds is 5. The maximum absolute atomic E-state index is 4.66. The van der Waals surface area contributed by atoms with E-state index in [4.69, 9.17) is 0 Å². The van der Waals surface area contributed by atoms with Gasteiger partial charge in [-0.15, -0.1) is 0 Å². The van der Waals surface area contributed by atoms with E-state index in [0.717, 1.165) is 29.7 Å². The average molecular weight is 282 g/mol. The van der Waals surface area contributed by atoms with Crippen molar-refractivity contribution in [1.82, 2.24) is 9.97 Å². The normalized spacial score (nSPS) is 14.0. The summed E-state index contributed by atoms with van der Waals surface area (Å²) in [7, 11) is 0. The minimum Gasteiger partial charge on any atom is -0.370 e. The number of nitrogens with one attached hydrogen (secondary N) is 2. The van der Waals surface area contributed by atoms with E-state index in [0.29, 0.717) is 5.92 Å². The van der Waals surface area contributed by atoms with Crippen molar-refractivity contribution in [2.45, 2.75) is 39.5 Å². The second-order valence-corrected chi connectivity index (χ2v) is 5.73. The molecule has 0 radical (unpaired) electrons. The zero-order chi connectivity index (χ0) is 14.8. The molecule has 0 aliphatic heterocycles. The highest BCUT2D eigenvalue weighted by Gasteiger charge is 2.27. The molecule has 1 aromatic heterocycles. The summed E-state index contributed by atoms with van der Waals surface area (Å²) in [4.78, 5) is 9.26. The maximum atomic E-state index is 4.66. The smallest absolute Gasteiger partial charge is 0.136 e. The molecule has 1 aliphatic carbocycles. The Morgan fingerprint density at radius 3 is 2.48 bits per heavy atom. The fourth-order valence-corrected chi connectivity index (χ4v) is 2.29. The second-order valence-electron chi connectivity index (χ2n) is 5.73. The molecule has 0 unspecified atom stereocenters. The van der Waals surface area contributed by atoms with Gasteiger partial charge in [-0.1, -0.05) is 6.07 Å². The molecular weight excluding hydrogens is 260 g/mol. The lowest BCUT2D eigenvalue weighted by Gasteiger charge is -2.11. The molecule has 4 nitrogen and oxygen atoms in total. The van der Waals surface area contributed by atoms with Gasteiger partial charge in [0.15, 0.2) is 0 Å². The molecule has 1 aliphatic rings. The third-order valence-electron chi connectivity index (χ3n) is 3.82. The largest absolute Gasteiger partial charge is 0.370 e. The highest BCUT2D eigenvalue weighted by atomic mass is 15.1. The molecule has 2 N–H and O–H groups in total. The van der Waals surface area contributed by atoms with Gasteiger partial charge in [-0.05, 0) is 56.9 Å². The van der Waals surface area contributed by atoms with Gasteiger partial charge in [-0.3, -0.25) is 0 Å². The Bertz CT molecular complexity index is 647. The Balaban J connectivity index is 1.87. The topological polar surface area (TPSA) is 49.8 Å². The number of aryl methyl sites for hydroxylation is 2. The van der Waals surface area contributed by atoms with Gasteiger partial charge >= 0.3 is 0 Å². The van der Waals surface area contributed by atoms with Crippen LogP contribution in [-0.4, -0.2) is 16.5 Å². The Morgan fingerprint density at radius 1 is 1.05 bits per heavy atom. The Kier molecular flexibility index (Phi) is 3.78. The van der Waals surface area contributed by atoms with Crippen LogP contribution in [0.2, 0.25) is 0 Å². The molecule has 21 heavy (non-hydrogen) atoms. The molecule has 0 amide bonds. The standard InChI is InChI=1S/C17H22N4/c1-4-18-15-10-16(21-17(20-15)13-6-7-13)19-14-8-5-11(2)12(3)9-14/h5,8-10,13H,4,6-7H2,1-3H3,(H2,18,19,20,21). The fourth-order valence-electron chi connectivity index (χ4n) is 2.29. The first-order chi connectivity index (χ1) is 10.2. The Hall–Kier alpha value is -2.10. The summed E-state index contributed by atoms with van der Waals surface area (Å²) in [6.45, 7) is 7.19. The summed E-state index contributed by atoms with van der Waals surface area (Å²) in [5.41, 5.74) is 3.65. The van der Waals surface area contributed by atoms with E-state index >= 15 is 0 Å². The number of hydrogen-bond donors (Lipinski definition) is 2. The lowest BCUT2D eigenvalue weighted by molar-refractivity contribution is 0.927. The lowest BCUT2D eigenvalue weighted by Crippen LogP contribution is -2.05. The zero-order valence-corrected chi connectivity index (χ0v) is 12.9.